The third kappa shape index (κ3) is 2.38. The number of nitriles is 1. The molecule has 5 nitrogen and oxygen atoms in total. The highest BCUT2D eigenvalue weighted by molar-refractivity contribution is 7.98. The van der Waals surface area contributed by atoms with Gasteiger partial charge in [-0.3, -0.25) is 0 Å². The zero-order chi connectivity index (χ0) is 11.4. The lowest BCUT2D eigenvalue weighted by Crippen LogP contribution is -1.93. The minimum atomic E-state index is 0.675. The van der Waals surface area contributed by atoms with Gasteiger partial charge >= 0.3 is 0 Å². The molecule has 0 spiro atoms. The van der Waals surface area contributed by atoms with Crippen LogP contribution in [-0.4, -0.2) is 20.2 Å². The fraction of sp³-hybridized carbons (Fsp3) is 0.200. The highest BCUT2D eigenvalue weighted by atomic mass is 32.2. The summed E-state index contributed by atoms with van der Waals surface area (Å²) in [6, 6.07) is 9.64. The van der Waals surface area contributed by atoms with Gasteiger partial charge in [-0.05, 0) is 28.1 Å². The van der Waals surface area contributed by atoms with Crippen molar-refractivity contribution in [2.24, 2.45) is 7.05 Å². The molecule has 0 atom stereocenters. The van der Waals surface area contributed by atoms with Gasteiger partial charge in [0, 0.05) is 12.8 Å². The first-order chi connectivity index (χ1) is 7.79. The van der Waals surface area contributed by atoms with Gasteiger partial charge in [0.15, 0.2) is 0 Å². The molecule has 6 heteroatoms. The van der Waals surface area contributed by atoms with Gasteiger partial charge in [0.2, 0.25) is 5.16 Å². The highest BCUT2D eigenvalue weighted by Crippen LogP contribution is 2.19. The van der Waals surface area contributed by atoms with Crippen LogP contribution in [0.15, 0.2) is 29.4 Å². The van der Waals surface area contributed by atoms with Gasteiger partial charge in [-0.15, -0.1) is 5.10 Å². The van der Waals surface area contributed by atoms with Crippen molar-refractivity contribution in [1.82, 2.24) is 20.2 Å². The third-order valence-electron chi connectivity index (χ3n) is 2.01. The smallest absolute Gasteiger partial charge is 0.209 e. The van der Waals surface area contributed by atoms with Crippen LogP contribution in [0.5, 0.6) is 0 Å². The van der Waals surface area contributed by atoms with Crippen molar-refractivity contribution in [3.05, 3.63) is 35.4 Å². The van der Waals surface area contributed by atoms with Crippen LogP contribution < -0.4 is 0 Å². The van der Waals surface area contributed by atoms with E-state index in [0.29, 0.717) is 5.56 Å². The Labute approximate surface area is 97.1 Å². The fourth-order valence-corrected chi connectivity index (χ4v) is 2.01. The normalized spacial score (nSPS) is 10.0. The molecule has 0 aliphatic carbocycles. The molecule has 1 aromatic carbocycles. The molecule has 80 valence electrons. The zero-order valence-electron chi connectivity index (χ0n) is 8.66. The van der Waals surface area contributed by atoms with E-state index >= 15 is 0 Å². The summed E-state index contributed by atoms with van der Waals surface area (Å²) in [6.07, 6.45) is 0. The average molecular weight is 231 g/mol. The first-order valence-electron chi connectivity index (χ1n) is 4.64. The van der Waals surface area contributed by atoms with Crippen molar-refractivity contribution >= 4 is 11.8 Å². The van der Waals surface area contributed by atoms with E-state index < -0.39 is 0 Å². The summed E-state index contributed by atoms with van der Waals surface area (Å²) in [5, 5.41) is 20.7. The molecule has 0 fully saturated rings. The maximum Gasteiger partial charge on any atom is 0.209 e. The van der Waals surface area contributed by atoms with E-state index in [1.807, 2.05) is 18.2 Å². The van der Waals surface area contributed by atoms with Crippen LogP contribution in [0.25, 0.3) is 0 Å². The summed E-state index contributed by atoms with van der Waals surface area (Å²) in [5.41, 5.74) is 1.77. The van der Waals surface area contributed by atoms with Crippen LogP contribution in [0.3, 0.4) is 0 Å². The number of nitrogens with zero attached hydrogens (tertiary/aromatic N) is 5. The van der Waals surface area contributed by atoms with Crippen molar-refractivity contribution in [1.29, 1.82) is 5.26 Å². The summed E-state index contributed by atoms with van der Waals surface area (Å²) >= 11 is 1.54. The van der Waals surface area contributed by atoms with Crippen LogP contribution in [0.4, 0.5) is 0 Å². The topological polar surface area (TPSA) is 67.4 Å². The molecule has 0 radical (unpaired) electrons. The number of aromatic nitrogens is 4. The van der Waals surface area contributed by atoms with E-state index in [1.165, 1.54) is 0 Å². The molecule has 0 saturated carbocycles. The SMILES string of the molecule is Cn1nnnc1SCc1cccc(C#N)c1. The quantitative estimate of drug-likeness (QED) is 0.746. The van der Waals surface area contributed by atoms with Crippen molar-refractivity contribution in [3.8, 4) is 6.07 Å². The lowest BCUT2D eigenvalue weighted by molar-refractivity contribution is 0.664. The monoisotopic (exact) mass is 231 g/mol. The van der Waals surface area contributed by atoms with Gasteiger partial charge in [0.05, 0.1) is 11.6 Å². The Morgan fingerprint density at radius 2 is 2.38 bits per heavy atom. The summed E-state index contributed by atoms with van der Waals surface area (Å²) in [4.78, 5) is 0. The summed E-state index contributed by atoms with van der Waals surface area (Å²) in [6.45, 7) is 0. The molecule has 0 aliphatic rings. The minimum absolute atomic E-state index is 0.675. The fourth-order valence-electron chi connectivity index (χ4n) is 1.22. The van der Waals surface area contributed by atoms with Gasteiger partial charge < -0.3 is 0 Å². The maximum atomic E-state index is 8.77. The van der Waals surface area contributed by atoms with Crippen molar-refractivity contribution in [2.75, 3.05) is 0 Å². The first-order valence-corrected chi connectivity index (χ1v) is 5.62. The molecular weight excluding hydrogens is 222 g/mol. The van der Waals surface area contributed by atoms with Crippen molar-refractivity contribution in [2.45, 2.75) is 10.9 Å². The molecular formula is C10H9N5S. The van der Waals surface area contributed by atoms with Gasteiger partial charge in [-0.25, -0.2) is 4.68 Å². The minimum Gasteiger partial charge on any atom is -0.224 e. The Morgan fingerprint density at radius 3 is 3.06 bits per heavy atom. The van der Waals surface area contributed by atoms with E-state index in [0.717, 1.165) is 16.5 Å². The summed E-state index contributed by atoms with van der Waals surface area (Å²) < 4.78 is 1.62. The Bertz CT molecular complexity index is 528. The molecule has 0 saturated heterocycles. The zero-order valence-corrected chi connectivity index (χ0v) is 9.48. The number of thioether (sulfide) groups is 1. The number of tetrazole rings is 1. The number of aryl methyl sites for hydroxylation is 1. The number of hydrogen-bond donors (Lipinski definition) is 0. The van der Waals surface area contributed by atoms with E-state index in [2.05, 4.69) is 21.6 Å². The summed E-state index contributed by atoms with van der Waals surface area (Å²) in [5.74, 6) is 0.754. The van der Waals surface area contributed by atoms with Crippen LogP contribution in [0.1, 0.15) is 11.1 Å². The predicted octanol–water partition coefficient (Wildman–Crippen LogP) is 1.37. The molecule has 0 unspecified atom stereocenters. The van der Waals surface area contributed by atoms with E-state index in [-0.39, 0.29) is 0 Å². The second-order valence-electron chi connectivity index (χ2n) is 3.19. The molecule has 1 aromatic heterocycles. The van der Waals surface area contributed by atoms with Crippen LogP contribution in [0.2, 0.25) is 0 Å². The van der Waals surface area contributed by atoms with Crippen LogP contribution in [0, 0.1) is 11.3 Å². The molecule has 2 aromatic rings. The Hall–Kier alpha value is -1.87. The molecule has 1 heterocycles. The molecule has 2 rings (SSSR count). The number of benzene rings is 1. The number of hydrogen-bond acceptors (Lipinski definition) is 5. The number of rotatable bonds is 3. The highest BCUT2D eigenvalue weighted by Gasteiger charge is 2.03. The van der Waals surface area contributed by atoms with Crippen molar-refractivity contribution in [3.63, 3.8) is 0 Å². The van der Waals surface area contributed by atoms with Crippen LogP contribution in [-0.2, 0) is 12.8 Å². The van der Waals surface area contributed by atoms with Crippen LogP contribution >= 0.6 is 11.8 Å². The second-order valence-corrected chi connectivity index (χ2v) is 4.13. The standard InChI is InChI=1S/C10H9N5S/c1-15-10(12-13-14-15)16-7-9-4-2-3-8(5-9)6-11/h2-5H,7H2,1H3. The van der Waals surface area contributed by atoms with E-state index in [4.69, 9.17) is 5.26 Å². The summed E-state index contributed by atoms with van der Waals surface area (Å²) in [7, 11) is 1.80. The lowest BCUT2D eigenvalue weighted by atomic mass is 10.2. The molecule has 0 bridgehead atoms. The lowest BCUT2D eigenvalue weighted by Gasteiger charge is -2.00. The second kappa shape index (κ2) is 4.77. The third-order valence-corrected chi connectivity index (χ3v) is 3.09. The average Bonchev–Trinajstić information content (AvgIpc) is 2.72. The molecule has 0 aliphatic heterocycles. The van der Waals surface area contributed by atoms with Gasteiger partial charge in [-0.2, -0.15) is 5.26 Å². The largest absolute Gasteiger partial charge is 0.224 e. The molecule has 16 heavy (non-hydrogen) atoms. The van der Waals surface area contributed by atoms with E-state index in [9.17, 15) is 0 Å². The Morgan fingerprint density at radius 1 is 1.50 bits per heavy atom. The molecule has 0 amide bonds. The maximum absolute atomic E-state index is 8.77. The molecule has 0 N–H and O–H groups in total. The van der Waals surface area contributed by atoms with Gasteiger partial charge in [0.1, 0.15) is 0 Å². The van der Waals surface area contributed by atoms with Gasteiger partial charge in [-0.1, -0.05) is 23.9 Å². The predicted molar refractivity (Wildman–Crippen MR) is 59.5 cm³/mol. The van der Waals surface area contributed by atoms with Crippen molar-refractivity contribution < 1.29 is 0 Å². The Balaban J connectivity index is 2.05. The first kappa shape index (κ1) is 10.6. The Kier molecular flexibility index (Phi) is 3.17. The van der Waals surface area contributed by atoms with Gasteiger partial charge in [0.25, 0.3) is 0 Å². The van der Waals surface area contributed by atoms with E-state index in [1.54, 1.807) is 29.6 Å².